The fourth-order valence-electron chi connectivity index (χ4n) is 2.31. The molecule has 0 aliphatic carbocycles. The van der Waals surface area contributed by atoms with Gasteiger partial charge in [0, 0.05) is 14.1 Å². The summed E-state index contributed by atoms with van der Waals surface area (Å²) < 4.78 is 32.9. The molecule has 0 fully saturated rings. The van der Waals surface area contributed by atoms with Crippen LogP contribution in [-0.4, -0.2) is 63.3 Å². The van der Waals surface area contributed by atoms with Crippen molar-refractivity contribution in [3.05, 3.63) is 42.5 Å². The fraction of sp³-hybridized carbons (Fsp3) is 0.438. The number of aliphatic hydroxyl groups is 1. The number of amides is 1. The topological polar surface area (TPSA) is 95.9 Å². The second kappa shape index (κ2) is 7.89. The highest BCUT2D eigenvalue weighted by molar-refractivity contribution is 7.89. The summed E-state index contributed by atoms with van der Waals surface area (Å²) in [6, 6.07) is 7.27. The molecule has 1 aromatic carbocycles. The van der Waals surface area contributed by atoms with E-state index in [0.717, 1.165) is 0 Å². The van der Waals surface area contributed by atoms with Crippen LogP contribution >= 0.6 is 0 Å². The Morgan fingerprint density at radius 1 is 1.25 bits per heavy atom. The Labute approximate surface area is 142 Å². The van der Waals surface area contributed by atoms with Crippen LogP contribution in [0.25, 0.3) is 0 Å². The molecule has 132 valence electrons. The first kappa shape index (κ1) is 18.6. The van der Waals surface area contributed by atoms with E-state index < -0.39 is 28.3 Å². The van der Waals surface area contributed by atoms with Gasteiger partial charge in [-0.05, 0) is 12.1 Å². The van der Waals surface area contributed by atoms with Gasteiger partial charge < -0.3 is 14.7 Å². The predicted molar refractivity (Wildman–Crippen MR) is 88.7 cm³/mol. The minimum Gasteiger partial charge on any atom is -0.394 e. The van der Waals surface area contributed by atoms with E-state index in [0.29, 0.717) is 0 Å². The number of hydrogen-bond acceptors (Lipinski definition) is 5. The van der Waals surface area contributed by atoms with Crippen LogP contribution < -0.4 is 4.72 Å². The van der Waals surface area contributed by atoms with E-state index in [1.54, 1.807) is 44.4 Å². The van der Waals surface area contributed by atoms with Crippen LogP contribution in [-0.2, 0) is 19.6 Å². The maximum absolute atomic E-state index is 12.4. The zero-order valence-corrected chi connectivity index (χ0v) is 14.4. The van der Waals surface area contributed by atoms with E-state index in [1.807, 2.05) is 0 Å². The van der Waals surface area contributed by atoms with Gasteiger partial charge in [0.1, 0.15) is 6.10 Å². The maximum atomic E-state index is 12.4. The van der Waals surface area contributed by atoms with Crippen LogP contribution in [0.1, 0.15) is 6.42 Å². The summed E-state index contributed by atoms with van der Waals surface area (Å²) in [5.41, 5.74) is 0. The van der Waals surface area contributed by atoms with E-state index in [1.165, 1.54) is 17.0 Å². The number of carbonyl (C=O) groups excluding carboxylic acids is 1. The molecule has 0 radical (unpaired) electrons. The first-order chi connectivity index (χ1) is 11.3. The molecule has 0 bridgehead atoms. The summed E-state index contributed by atoms with van der Waals surface area (Å²) in [7, 11) is -0.428. The molecule has 2 N–H and O–H groups in total. The van der Waals surface area contributed by atoms with E-state index >= 15 is 0 Å². The lowest BCUT2D eigenvalue weighted by Crippen LogP contribution is -2.48. The highest BCUT2D eigenvalue weighted by atomic mass is 32.2. The molecular formula is C16H22N2O5S. The minimum atomic E-state index is -3.72. The molecule has 0 unspecified atom stereocenters. The third kappa shape index (κ3) is 4.64. The van der Waals surface area contributed by atoms with Gasteiger partial charge in [-0.25, -0.2) is 13.1 Å². The van der Waals surface area contributed by atoms with Crippen molar-refractivity contribution >= 4 is 15.9 Å². The summed E-state index contributed by atoms with van der Waals surface area (Å²) in [6.45, 7) is -0.362. The van der Waals surface area contributed by atoms with Gasteiger partial charge in [0.2, 0.25) is 15.9 Å². The molecule has 2 rings (SSSR count). The van der Waals surface area contributed by atoms with Crippen molar-refractivity contribution in [2.75, 3.05) is 20.7 Å². The second-order valence-electron chi connectivity index (χ2n) is 5.73. The Morgan fingerprint density at radius 3 is 2.50 bits per heavy atom. The molecule has 1 aliphatic rings. The summed E-state index contributed by atoms with van der Waals surface area (Å²) in [4.78, 5) is 13.3. The van der Waals surface area contributed by atoms with Gasteiger partial charge in [-0.2, -0.15) is 0 Å². The Hall–Kier alpha value is -1.74. The highest BCUT2D eigenvalue weighted by Gasteiger charge is 2.31. The summed E-state index contributed by atoms with van der Waals surface area (Å²) in [5, 5.41) is 9.50. The zero-order chi connectivity index (χ0) is 17.7. The number of aliphatic hydroxyl groups excluding tert-OH is 1. The van der Waals surface area contributed by atoms with Crippen molar-refractivity contribution in [1.82, 2.24) is 9.62 Å². The lowest BCUT2D eigenvalue weighted by molar-refractivity contribution is -0.132. The normalized spacial score (nSPS) is 23.9. The van der Waals surface area contributed by atoms with Crippen molar-refractivity contribution in [2.24, 2.45) is 0 Å². The molecule has 0 aromatic heterocycles. The molecule has 0 saturated carbocycles. The van der Waals surface area contributed by atoms with E-state index in [-0.39, 0.29) is 23.8 Å². The number of carbonyl (C=O) groups is 1. The van der Waals surface area contributed by atoms with E-state index in [2.05, 4.69) is 4.72 Å². The Morgan fingerprint density at radius 2 is 1.92 bits per heavy atom. The molecule has 1 aliphatic heterocycles. The summed E-state index contributed by atoms with van der Waals surface area (Å²) in [5.74, 6) is -0.107. The van der Waals surface area contributed by atoms with Crippen LogP contribution in [0.15, 0.2) is 47.4 Å². The van der Waals surface area contributed by atoms with Gasteiger partial charge >= 0.3 is 0 Å². The lowest BCUT2D eigenvalue weighted by Gasteiger charge is -2.31. The summed E-state index contributed by atoms with van der Waals surface area (Å²) >= 11 is 0. The van der Waals surface area contributed by atoms with Gasteiger partial charge in [-0.3, -0.25) is 4.79 Å². The number of nitrogens with zero attached hydrogens (tertiary/aromatic N) is 1. The smallest absolute Gasteiger partial charge is 0.241 e. The van der Waals surface area contributed by atoms with Gasteiger partial charge in [0.25, 0.3) is 0 Å². The van der Waals surface area contributed by atoms with Gasteiger partial charge in [0.05, 0.1) is 30.1 Å². The van der Waals surface area contributed by atoms with E-state index in [9.17, 15) is 18.3 Å². The van der Waals surface area contributed by atoms with Crippen molar-refractivity contribution in [2.45, 2.75) is 29.6 Å². The molecule has 1 aromatic rings. The third-order valence-corrected chi connectivity index (χ3v) is 5.16. The first-order valence-corrected chi connectivity index (χ1v) is 9.04. The quantitative estimate of drug-likeness (QED) is 0.708. The molecule has 0 spiro atoms. The highest BCUT2D eigenvalue weighted by Crippen LogP contribution is 2.18. The minimum absolute atomic E-state index is 0.107. The van der Waals surface area contributed by atoms with Crippen molar-refractivity contribution in [3.63, 3.8) is 0 Å². The molecule has 3 atom stereocenters. The molecular weight excluding hydrogens is 332 g/mol. The third-order valence-electron chi connectivity index (χ3n) is 3.68. The standard InChI is InChI=1S/C16H22N2O5S/c1-18(2)16(20)10-12-8-9-14(15(11-19)23-12)17-24(21,22)13-6-4-3-5-7-13/h3-9,12,14-15,17,19H,10-11H2,1-2H3/t12-,14+,15+/m0/s1. The molecule has 8 heteroatoms. The number of rotatable bonds is 6. The van der Waals surface area contributed by atoms with Gasteiger partial charge in [0.15, 0.2) is 0 Å². The molecule has 7 nitrogen and oxygen atoms in total. The van der Waals surface area contributed by atoms with Gasteiger partial charge in [-0.1, -0.05) is 30.4 Å². The van der Waals surface area contributed by atoms with Crippen molar-refractivity contribution in [1.29, 1.82) is 0 Å². The van der Waals surface area contributed by atoms with Crippen LogP contribution in [0.4, 0.5) is 0 Å². The Balaban J connectivity index is 2.09. The molecule has 1 amide bonds. The maximum Gasteiger partial charge on any atom is 0.241 e. The fourth-order valence-corrected chi connectivity index (χ4v) is 3.55. The second-order valence-corrected chi connectivity index (χ2v) is 7.45. The average Bonchev–Trinajstić information content (AvgIpc) is 2.56. The van der Waals surface area contributed by atoms with Gasteiger partial charge in [-0.15, -0.1) is 0 Å². The number of benzene rings is 1. The Bertz CT molecular complexity index is 688. The van der Waals surface area contributed by atoms with Crippen molar-refractivity contribution < 1.29 is 23.1 Å². The molecule has 0 saturated heterocycles. The Kier molecular flexibility index (Phi) is 6.11. The van der Waals surface area contributed by atoms with Crippen molar-refractivity contribution in [3.8, 4) is 0 Å². The molecule has 1 heterocycles. The van der Waals surface area contributed by atoms with Crippen LogP contribution in [0.3, 0.4) is 0 Å². The first-order valence-electron chi connectivity index (χ1n) is 7.55. The SMILES string of the molecule is CN(C)C(=O)C[C@@H]1C=C[C@@H](NS(=O)(=O)c2ccccc2)[C@@H](CO)O1. The van der Waals surface area contributed by atoms with Crippen LogP contribution in [0.2, 0.25) is 0 Å². The predicted octanol–water partition coefficient (Wildman–Crippen LogP) is 0.128. The number of sulfonamides is 1. The zero-order valence-electron chi connectivity index (χ0n) is 13.6. The van der Waals surface area contributed by atoms with E-state index in [4.69, 9.17) is 4.74 Å². The number of nitrogens with one attached hydrogen (secondary N) is 1. The number of hydrogen-bond donors (Lipinski definition) is 2. The lowest BCUT2D eigenvalue weighted by atomic mass is 10.1. The van der Waals surface area contributed by atoms with Crippen LogP contribution in [0.5, 0.6) is 0 Å². The van der Waals surface area contributed by atoms with Crippen LogP contribution in [0, 0.1) is 0 Å². The molecule has 24 heavy (non-hydrogen) atoms. The summed E-state index contributed by atoms with van der Waals surface area (Å²) in [6.07, 6.45) is 2.16. The average molecular weight is 354 g/mol. The number of ether oxygens (including phenoxy) is 1. The monoisotopic (exact) mass is 354 g/mol. The largest absolute Gasteiger partial charge is 0.394 e.